The Morgan fingerprint density at radius 3 is 2.50 bits per heavy atom. The maximum Gasteiger partial charge on any atom is 0.237 e. The average Bonchev–Trinajstić information content (AvgIpc) is 2.62. The van der Waals surface area contributed by atoms with Crippen LogP contribution < -0.4 is 9.64 Å². The molecule has 1 aliphatic rings. The first-order valence-corrected chi connectivity index (χ1v) is 8.17. The van der Waals surface area contributed by atoms with Gasteiger partial charge >= 0.3 is 0 Å². The fourth-order valence-electron chi connectivity index (χ4n) is 3.18. The zero-order chi connectivity index (χ0) is 17.1. The Kier molecular flexibility index (Phi) is 4.65. The second-order valence-electron chi connectivity index (χ2n) is 6.06. The molecule has 2 aromatic rings. The average molecular weight is 323 g/mol. The molecule has 124 valence electrons. The van der Waals surface area contributed by atoms with Crippen molar-refractivity contribution in [3.63, 3.8) is 0 Å². The van der Waals surface area contributed by atoms with Crippen LogP contribution in [0.5, 0.6) is 5.75 Å². The van der Waals surface area contributed by atoms with Gasteiger partial charge in [0, 0.05) is 17.8 Å². The maximum atomic E-state index is 12.9. The van der Waals surface area contributed by atoms with Crippen molar-refractivity contribution < 1.29 is 14.3 Å². The van der Waals surface area contributed by atoms with Gasteiger partial charge in [0.05, 0.1) is 7.11 Å². The van der Waals surface area contributed by atoms with E-state index in [4.69, 9.17) is 4.74 Å². The van der Waals surface area contributed by atoms with E-state index in [-0.39, 0.29) is 11.7 Å². The quantitative estimate of drug-likeness (QED) is 0.637. The fraction of sp³-hybridized carbons (Fsp3) is 0.300. The van der Waals surface area contributed by atoms with Gasteiger partial charge in [-0.05, 0) is 55.7 Å². The van der Waals surface area contributed by atoms with E-state index in [2.05, 4.69) is 0 Å². The van der Waals surface area contributed by atoms with E-state index in [9.17, 15) is 9.59 Å². The highest BCUT2D eigenvalue weighted by Crippen LogP contribution is 2.29. The monoisotopic (exact) mass is 323 g/mol. The predicted octanol–water partition coefficient (Wildman–Crippen LogP) is 3.63. The second-order valence-corrected chi connectivity index (χ2v) is 6.06. The molecule has 1 unspecified atom stereocenters. The molecule has 24 heavy (non-hydrogen) atoms. The van der Waals surface area contributed by atoms with Crippen molar-refractivity contribution in [3.05, 3.63) is 59.7 Å². The number of anilines is 1. The number of para-hydroxylation sites is 1. The third-order valence-electron chi connectivity index (χ3n) is 4.54. The molecule has 4 heteroatoms. The molecule has 1 atom stereocenters. The number of rotatable bonds is 4. The molecule has 1 saturated heterocycles. The van der Waals surface area contributed by atoms with Crippen LogP contribution in [0, 0.1) is 12.8 Å². The summed E-state index contributed by atoms with van der Waals surface area (Å²) in [6.45, 7) is 2.65. The Hall–Kier alpha value is -2.62. The molecule has 1 amide bonds. The first kappa shape index (κ1) is 16.2. The lowest BCUT2D eigenvalue weighted by molar-refractivity contribution is -0.122. The van der Waals surface area contributed by atoms with Gasteiger partial charge in [0.1, 0.15) is 11.7 Å². The molecule has 1 heterocycles. The lowest BCUT2D eigenvalue weighted by Crippen LogP contribution is -2.44. The summed E-state index contributed by atoms with van der Waals surface area (Å²) in [5, 5.41) is 0. The predicted molar refractivity (Wildman–Crippen MR) is 93.6 cm³/mol. The number of nitrogens with zero attached hydrogens (tertiary/aromatic N) is 1. The zero-order valence-corrected chi connectivity index (χ0v) is 14.0. The summed E-state index contributed by atoms with van der Waals surface area (Å²) in [6, 6.07) is 14.7. The van der Waals surface area contributed by atoms with E-state index in [1.807, 2.05) is 31.2 Å². The number of hydrogen-bond donors (Lipinski definition) is 0. The van der Waals surface area contributed by atoms with E-state index < -0.39 is 5.92 Å². The van der Waals surface area contributed by atoms with Crippen LogP contribution in [0.25, 0.3) is 0 Å². The minimum absolute atomic E-state index is 0.101. The summed E-state index contributed by atoms with van der Waals surface area (Å²) < 4.78 is 5.12. The summed E-state index contributed by atoms with van der Waals surface area (Å²) in [4.78, 5) is 27.4. The highest BCUT2D eigenvalue weighted by atomic mass is 16.5. The number of ketones is 1. The number of carbonyl (C=O) groups excluding carboxylic acids is 2. The van der Waals surface area contributed by atoms with Crippen LogP contribution in [0.4, 0.5) is 5.69 Å². The number of benzene rings is 2. The second kappa shape index (κ2) is 6.87. The van der Waals surface area contributed by atoms with Gasteiger partial charge in [-0.15, -0.1) is 0 Å². The molecule has 1 fully saturated rings. The van der Waals surface area contributed by atoms with Gasteiger partial charge in [0.2, 0.25) is 5.91 Å². The molecular weight excluding hydrogens is 302 g/mol. The van der Waals surface area contributed by atoms with Crippen molar-refractivity contribution in [2.24, 2.45) is 5.92 Å². The molecule has 0 aromatic heterocycles. The van der Waals surface area contributed by atoms with E-state index >= 15 is 0 Å². The Balaban J connectivity index is 1.84. The maximum absolute atomic E-state index is 12.9. The summed E-state index contributed by atoms with van der Waals surface area (Å²) >= 11 is 0. The number of ether oxygens (including phenoxy) is 1. The topological polar surface area (TPSA) is 46.6 Å². The summed E-state index contributed by atoms with van der Waals surface area (Å²) in [7, 11) is 1.58. The smallest absolute Gasteiger partial charge is 0.237 e. The van der Waals surface area contributed by atoms with E-state index in [0.29, 0.717) is 24.3 Å². The van der Waals surface area contributed by atoms with Crippen LogP contribution >= 0.6 is 0 Å². The van der Waals surface area contributed by atoms with Gasteiger partial charge in [-0.1, -0.05) is 18.2 Å². The van der Waals surface area contributed by atoms with Gasteiger partial charge in [0.15, 0.2) is 5.78 Å². The van der Waals surface area contributed by atoms with Crippen molar-refractivity contribution in [2.45, 2.75) is 19.8 Å². The van der Waals surface area contributed by atoms with E-state index in [1.165, 1.54) is 0 Å². The highest BCUT2D eigenvalue weighted by molar-refractivity contribution is 6.15. The molecule has 4 nitrogen and oxygen atoms in total. The van der Waals surface area contributed by atoms with Gasteiger partial charge in [-0.2, -0.15) is 0 Å². The summed E-state index contributed by atoms with van der Waals surface area (Å²) in [6.07, 6.45) is 1.43. The molecule has 0 spiro atoms. The molecule has 3 rings (SSSR count). The van der Waals surface area contributed by atoms with Crippen molar-refractivity contribution >= 4 is 17.4 Å². The van der Waals surface area contributed by atoms with Gasteiger partial charge in [-0.3, -0.25) is 9.59 Å². The van der Waals surface area contributed by atoms with Crippen molar-refractivity contribution in [1.29, 1.82) is 0 Å². The van der Waals surface area contributed by atoms with Crippen LogP contribution in [-0.4, -0.2) is 25.3 Å². The number of Topliss-reactive ketones (excluding diaryl/α,β-unsaturated/α-hetero) is 1. The molecular formula is C20H21NO3. The fourth-order valence-corrected chi connectivity index (χ4v) is 3.18. The van der Waals surface area contributed by atoms with Crippen molar-refractivity contribution in [1.82, 2.24) is 0 Å². The van der Waals surface area contributed by atoms with Gasteiger partial charge in [-0.25, -0.2) is 0 Å². The van der Waals surface area contributed by atoms with E-state index in [1.54, 1.807) is 36.3 Å². The minimum Gasteiger partial charge on any atom is -0.497 e. The lowest BCUT2D eigenvalue weighted by atomic mass is 9.88. The number of aryl methyl sites for hydroxylation is 1. The SMILES string of the molecule is COc1ccc(C(=O)C2CCCN(c3ccccc3C)C2=O)cc1. The van der Waals surface area contributed by atoms with Crippen LogP contribution in [0.3, 0.4) is 0 Å². The molecule has 0 N–H and O–H groups in total. The van der Waals surface area contributed by atoms with Crippen LogP contribution in [0.15, 0.2) is 48.5 Å². The van der Waals surface area contributed by atoms with Crippen LogP contribution in [0.2, 0.25) is 0 Å². The summed E-state index contributed by atoms with van der Waals surface area (Å²) in [5.74, 6) is -0.118. The number of piperidine rings is 1. The largest absolute Gasteiger partial charge is 0.497 e. The lowest BCUT2D eigenvalue weighted by Gasteiger charge is -2.32. The third-order valence-corrected chi connectivity index (χ3v) is 4.54. The molecule has 0 aliphatic carbocycles. The van der Waals surface area contributed by atoms with E-state index in [0.717, 1.165) is 17.7 Å². The standard InChI is InChI=1S/C20H21NO3/c1-14-6-3-4-8-18(14)21-13-5-7-17(20(21)23)19(22)15-9-11-16(24-2)12-10-15/h3-4,6,8-12,17H,5,7,13H2,1-2H3. The highest BCUT2D eigenvalue weighted by Gasteiger charge is 2.35. The Morgan fingerprint density at radius 1 is 1.12 bits per heavy atom. The van der Waals surface area contributed by atoms with Gasteiger partial charge < -0.3 is 9.64 Å². The molecule has 0 saturated carbocycles. The molecule has 2 aromatic carbocycles. The van der Waals surface area contributed by atoms with Crippen molar-refractivity contribution in [2.75, 3.05) is 18.6 Å². The van der Waals surface area contributed by atoms with Crippen LogP contribution in [-0.2, 0) is 4.79 Å². The molecule has 0 bridgehead atoms. The summed E-state index contributed by atoms with van der Waals surface area (Å²) in [5.41, 5.74) is 2.50. The zero-order valence-electron chi connectivity index (χ0n) is 14.0. The normalized spacial score (nSPS) is 17.7. The number of hydrogen-bond acceptors (Lipinski definition) is 3. The first-order valence-electron chi connectivity index (χ1n) is 8.17. The first-order chi connectivity index (χ1) is 11.6. The molecule has 1 aliphatic heterocycles. The van der Waals surface area contributed by atoms with Crippen molar-refractivity contribution in [3.8, 4) is 5.75 Å². The number of amides is 1. The van der Waals surface area contributed by atoms with Gasteiger partial charge in [0.25, 0.3) is 0 Å². The number of carbonyl (C=O) groups is 2. The Morgan fingerprint density at radius 2 is 1.83 bits per heavy atom. The third kappa shape index (κ3) is 3.04. The Bertz CT molecular complexity index is 752. The molecule has 0 radical (unpaired) electrons. The van der Waals surface area contributed by atoms with Crippen LogP contribution in [0.1, 0.15) is 28.8 Å². The minimum atomic E-state index is -0.605. The number of methoxy groups -OCH3 is 1. The Labute approximate surface area is 142 Å².